The van der Waals surface area contributed by atoms with Crippen LogP contribution in [0.25, 0.3) is 0 Å². The van der Waals surface area contributed by atoms with E-state index in [0.717, 1.165) is 24.2 Å². The second-order valence-corrected chi connectivity index (χ2v) is 5.76. The van der Waals surface area contributed by atoms with Gasteiger partial charge in [-0.05, 0) is 51.0 Å². The number of nitrogens with one attached hydrogen (secondary N) is 1. The third-order valence-electron chi connectivity index (χ3n) is 3.99. The van der Waals surface area contributed by atoms with Gasteiger partial charge >= 0.3 is 0 Å². The van der Waals surface area contributed by atoms with Gasteiger partial charge in [0.25, 0.3) is 11.5 Å². The minimum Gasteiger partial charge on any atom is -0.327 e. The van der Waals surface area contributed by atoms with Crippen LogP contribution in [0.4, 0.5) is 0 Å². The lowest BCUT2D eigenvalue weighted by molar-refractivity contribution is 0.0668. The summed E-state index contributed by atoms with van der Waals surface area (Å²) in [5.74, 6) is -0.220. The van der Waals surface area contributed by atoms with E-state index in [9.17, 15) is 9.59 Å². The summed E-state index contributed by atoms with van der Waals surface area (Å²) in [6.07, 6.45) is 3.68. The van der Waals surface area contributed by atoms with E-state index in [0.29, 0.717) is 0 Å². The van der Waals surface area contributed by atoms with Gasteiger partial charge in [0, 0.05) is 17.9 Å². The summed E-state index contributed by atoms with van der Waals surface area (Å²) in [7, 11) is 0. The SMILES string of the molecule is Cc1ccc(C(=O)N(C2CC2)C(C)c2ccccn2)c(=O)[nH]1. The lowest BCUT2D eigenvalue weighted by Gasteiger charge is -2.28. The van der Waals surface area contributed by atoms with Crippen molar-refractivity contribution in [3.05, 3.63) is 63.8 Å². The predicted molar refractivity (Wildman–Crippen MR) is 83.6 cm³/mol. The Labute approximate surface area is 129 Å². The van der Waals surface area contributed by atoms with Gasteiger partial charge in [-0.2, -0.15) is 0 Å². The molecule has 0 bridgehead atoms. The molecule has 0 aliphatic heterocycles. The van der Waals surface area contributed by atoms with Crippen LogP contribution in [0.3, 0.4) is 0 Å². The second kappa shape index (κ2) is 5.75. The highest BCUT2D eigenvalue weighted by Crippen LogP contribution is 2.34. The zero-order valence-electron chi connectivity index (χ0n) is 12.7. The summed E-state index contributed by atoms with van der Waals surface area (Å²) in [5.41, 5.74) is 1.45. The standard InChI is InChI=1S/C17H19N3O2/c1-11-6-9-14(16(21)19-11)17(22)20(13-7-8-13)12(2)15-5-3-4-10-18-15/h3-6,9-10,12-13H,7-8H2,1-2H3,(H,19,21). The smallest absolute Gasteiger partial charge is 0.260 e. The van der Waals surface area contributed by atoms with Gasteiger partial charge in [0.2, 0.25) is 0 Å². The number of amides is 1. The van der Waals surface area contributed by atoms with Crippen LogP contribution in [0.1, 0.15) is 47.6 Å². The lowest BCUT2D eigenvalue weighted by Crippen LogP contribution is -2.38. The first kappa shape index (κ1) is 14.5. The molecule has 0 spiro atoms. The molecule has 2 aromatic heterocycles. The van der Waals surface area contributed by atoms with E-state index in [1.807, 2.05) is 25.1 Å². The average molecular weight is 297 g/mol. The minimum absolute atomic E-state index is 0.151. The molecule has 2 aromatic rings. The number of carbonyl (C=O) groups excluding carboxylic acids is 1. The fourth-order valence-electron chi connectivity index (χ4n) is 2.66. The Hall–Kier alpha value is -2.43. The number of hydrogen-bond acceptors (Lipinski definition) is 3. The van der Waals surface area contributed by atoms with Crippen LogP contribution in [0.15, 0.2) is 41.3 Å². The van der Waals surface area contributed by atoms with Crippen LogP contribution in [-0.4, -0.2) is 26.8 Å². The van der Waals surface area contributed by atoms with Crippen LogP contribution in [0.2, 0.25) is 0 Å². The van der Waals surface area contributed by atoms with Crippen molar-refractivity contribution in [3.8, 4) is 0 Å². The molecule has 1 aliphatic rings. The molecule has 2 heterocycles. The van der Waals surface area contributed by atoms with Crippen molar-refractivity contribution in [2.75, 3.05) is 0 Å². The predicted octanol–water partition coefficient (Wildman–Crippen LogP) is 2.44. The Morgan fingerprint density at radius 1 is 1.32 bits per heavy atom. The van der Waals surface area contributed by atoms with E-state index >= 15 is 0 Å². The molecule has 1 N–H and O–H groups in total. The van der Waals surface area contributed by atoms with Gasteiger partial charge in [0.15, 0.2) is 0 Å². The van der Waals surface area contributed by atoms with Crippen LogP contribution >= 0.6 is 0 Å². The van der Waals surface area contributed by atoms with Crippen molar-refractivity contribution in [1.82, 2.24) is 14.9 Å². The summed E-state index contributed by atoms with van der Waals surface area (Å²) in [6, 6.07) is 9.08. The molecule has 5 heteroatoms. The highest BCUT2D eigenvalue weighted by molar-refractivity contribution is 5.94. The Kier molecular flexibility index (Phi) is 3.79. The molecule has 1 aliphatic carbocycles. The molecule has 1 atom stereocenters. The molecule has 1 saturated carbocycles. The summed E-state index contributed by atoms with van der Waals surface area (Å²) in [5, 5.41) is 0. The quantitative estimate of drug-likeness (QED) is 0.942. The van der Waals surface area contributed by atoms with E-state index in [1.54, 1.807) is 30.2 Å². The summed E-state index contributed by atoms with van der Waals surface area (Å²) in [4.78, 5) is 33.8. The number of pyridine rings is 2. The molecule has 3 rings (SSSR count). The first-order valence-corrected chi connectivity index (χ1v) is 7.51. The van der Waals surface area contributed by atoms with Crippen molar-refractivity contribution >= 4 is 5.91 Å². The Balaban J connectivity index is 1.94. The monoisotopic (exact) mass is 297 g/mol. The number of rotatable bonds is 4. The Bertz CT molecular complexity index is 735. The van der Waals surface area contributed by atoms with Crippen molar-refractivity contribution < 1.29 is 4.79 Å². The number of aromatic nitrogens is 2. The molecule has 1 amide bonds. The molecule has 1 unspecified atom stereocenters. The van der Waals surface area contributed by atoms with Gasteiger partial charge in [-0.3, -0.25) is 14.6 Å². The van der Waals surface area contributed by atoms with Crippen LogP contribution < -0.4 is 5.56 Å². The number of aromatic amines is 1. The van der Waals surface area contributed by atoms with Gasteiger partial charge < -0.3 is 9.88 Å². The molecule has 1 fully saturated rings. The van der Waals surface area contributed by atoms with Crippen molar-refractivity contribution in [2.24, 2.45) is 0 Å². The number of nitrogens with zero attached hydrogens (tertiary/aromatic N) is 2. The third-order valence-corrected chi connectivity index (χ3v) is 3.99. The second-order valence-electron chi connectivity index (χ2n) is 5.76. The van der Waals surface area contributed by atoms with Gasteiger partial charge in [0.05, 0.1) is 11.7 Å². The molecule has 0 aromatic carbocycles. The number of H-pyrrole nitrogens is 1. The molecule has 0 saturated heterocycles. The highest BCUT2D eigenvalue weighted by atomic mass is 16.2. The lowest BCUT2D eigenvalue weighted by atomic mass is 10.1. The molecule has 0 radical (unpaired) electrons. The zero-order chi connectivity index (χ0) is 15.7. The summed E-state index contributed by atoms with van der Waals surface area (Å²) < 4.78 is 0. The normalized spacial score (nSPS) is 15.4. The first-order valence-electron chi connectivity index (χ1n) is 7.51. The maximum atomic E-state index is 12.9. The van der Waals surface area contributed by atoms with E-state index in [4.69, 9.17) is 0 Å². The average Bonchev–Trinajstić information content (AvgIpc) is 3.33. The first-order chi connectivity index (χ1) is 10.6. The van der Waals surface area contributed by atoms with Crippen LogP contribution in [0, 0.1) is 6.92 Å². The van der Waals surface area contributed by atoms with Gasteiger partial charge in [-0.25, -0.2) is 0 Å². The van der Waals surface area contributed by atoms with Gasteiger partial charge in [-0.1, -0.05) is 6.07 Å². The maximum absolute atomic E-state index is 12.9. The molecular weight excluding hydrogens is 278 g/mol. The third kappa shape index (κ3) is 2.79. The van der Waals surface area contributed by atoms with Gasteiger partial charge in [-0.15, -0.1) is 0 Å². The van der Waals surface area contributed by atoms with Crippen molar-refractivity contribution in [1.29, 1.82) is 0 Å². The number of aryl methyl sites for hydroxylation is 1. The van der Waals surface area contributed by atoms with E-state index in [-0.39, 0.29) is 29.1 Å². The summed E-state index contributed by atoms with van der Waals surface area (Å²) >= 11 is 0. The largest absolute Gasteiger partial charge is 0.327 e. The van der Waals surface area contributed by atoms with E-state index < -0.39 is 0 Å². The zero-order valence-corrected chi connectivity index (χ0v) is 12.7. The van der Waals surface area contributed by atoms with E-state index in [2.05, 4.69) is 9.97 Å². The highest BCUT2D eigenvalue weighted by Gasteiger charge is 2.37. The van der Waals surface area contributed by atoms with Crippen molar-refractivity contribution in [3.63, 3.8) is 0 Å². The number of hydrogen-bond donors (Lipinski definition) is 1. The van der Waals surface area contributed by atoms with Crippen LogP contribution in [0.5, 0.6) is 0 Å². The fraction of sp³-hybridized carbons (Fsp3) is 0.353. The minimum atomic E-state index is -0.330. The molecular formula is C17H19N3O2. The molecule has 114 valence electrons. The summed E-state index contributed by atoms with van der Waals surface area (Å²) in [6.45, 7) is 3.76. The molecule has 5 nitrogen and oxygen atoms in total. The van der Waals surface area contributed by atoms with E-state index in [1.165, 1.54) is 0 Å². The van der Waals surface area contributed by atoms with Gasteiger partial charge in [0.1, 0.15) is 5.56 Å². The van der Waals surface area contributed by atoms with Crippen molar-refractivity contribution in [2.45, 2.75) is 38.8 Å². The van der Waals surface area contributed by atoms with Crippen LogP contribution in [-0.2, 0) is 0 Å². The maximum Gasteiger partial charge on any atom is 0.260 e. The Morgan fingerprint density at radius 2 is 2.09 bits per heavy atom. The fourth-order valence-corrected chi connectivity index (χ4v) is 2.66. The molecule has 22 heavy (non-hydrogen) atoms. The topological polar surface area (TPSA) is 66.1 Å². The Morgan fingerprint density at radius 3 is 2.68 bits per heavy atom. The number of carbonyl (C=O) groups is 1.